The Hall–Kier alpha value is -2.59. The van der Waals surface area contributed by atoms with Crippen LogP contribution in [0.4, 0.5) is 13.2 Å². The van der Waals surface area contributed by atoms with Crippen molar-refractivity contribution in [3.8, 4) is 5.75 Å². The second-order valence-electron chi connectivity index (χ2n) is 4.91. The summed E-state index contributed by atoms with van der Waals surface area (Å²) >= 11 is 10.7. The maximum atomic E-state index is 13.0. The number of hydrogen-bond acceptors (Lipinski definition) is 5. The molecule has 0 saturated carbocycles. The van der Waals surface area contributed by atoms with Crippen LogP contribution in [0.1, 0.15) is 23.8 Å². The van der Waals surface area contributed by atoms with E-state index in [9.17, 15) is 13.2 Å². The van der Waals surface area contributed by atoms with Gasteiger partial charge in [0.2, 0.25) is 10.6 Å². The van der Waals surface area contributed by atoms with Crippen molar-refractivity contribution in [3.63, 3.8) is 0 Å². The highest BCUT2D eigenvalue weighted by Crippen LogP contribution is 2.26. The second-order valence-corrected chi connectivity index (χ2v) is 5.71. The van der Waals surface area contributed by atoms with Crippen molar-refractivity contribution >= 4 is 30.0 Å². The molecule has 1 N–H and O–H groups in total. The molecular weight excluding hydrogens is 393 g/mol. The molecule has 1 aromatic carbocycles. The Bertz CT molecular complexity index is 999. The smallest absolute Gasteiger partial charge is 0.299 e. The Labute approximate surface area is 154 Å². The quantitative estimate of drug-likeness (QED) is 0.478. The number of benzene rings is 1. The number of rotatable bonds is 6. The highest BCUT2D eigenvalue weighted by molar-refractivity contribution is 7.71. The molecule has 3 rings (SSSR count). The topological polar surface area (TPSA) is 68.3 Å². The maximum absolute atomic E-state index is 13.0. The number of H-pyrrole nitrogens is 1. The van der Waals surface area contributed by atoms with Gasteiger partial charge in [-0.05, 0) is 42.5 Å². The minimum atomic E-state index is -2.83. The lowest BCUT2D eigenvalue weighted by Crippen LogP contribution is -1.99. The largest absolute Gasteiger partial charge is 0.484 e. The minimum Gasteiger partial charge on any atom is -0.484 e. The van der Waals surface area contributed by atoms with Gasteiger partial charge in [-0.1, -0.05) is 11.6 Å². The molecule has 136 valence electrons. The first-order valence-corrected chi connectivity index (χ1v) is 7.89. The van der Waals surface area contributed by atoms with Gasteiger partial charge >= 0.3 is 0 Å². The lowest BCUT2D eigenvalue weighted by Gasteiger charge is -2.05. The molecule has 11 heteroatoms. The van der Waals surface area contributed by atoms with E-state index >= 15 is 0 Å². The van der Waals surface area contributed by atoms with Crippen LogP contribution < -0.4 is 4.74 Å². The highest BCUT2D eigenvalue weighted by atomic mass is 35.5. The molecule has 26 heavy (non-hydrogen) atoms. The van der Waals surface area contributed by atoms with Crippen molar-refractivity contribution in [1.82, 2.24) is 14.9 Å². The molecule has 0 aliphatic rings. The molecule has 6 nitrogen and oxygen atoms in total. The average Bonchev–Trinajstić information content (AvgIpc) is 3.18. The Kier molecular flexibility index (Phi) is 5.43. The molecule has 0 radical (unpaired) electrons. The summed E-state index contributed by atoms with van der Waals surface area (Å²) < 4.78 is 50.2. The Morgan fingerprint density at radius 3 is 2.92 bits per heavy atom. The van der Waals surface area contributed by atoms with Crippen LogP contribution in [-0.2, 0) is 6.61 Å². The molecule has 0 unspecified atom stereocenters. The molecule has 2 heterocycles. The van der Waals surface area contributed by atoms with Gasteiger partial charge in [0.25, 0.3) is 6.43 Å². The van der Waals surface area contributed by atoms with Crippen molar-refractivity contribution in [2.24, 2.45) is 5.10 Å². The number of furan rings is 1. The third-order valence-electron chi connectivity index (χ3n) is 3.12. The Morgan fingerprint density at radius 1 is 1.38 bits per heavy atom. The fraction of sp³-hybridized carbons (Fsp3) is 0.133. The van der Waals surface area contributed by atoms with E-state index in [1.807, 2.05) is 0 Å². The zero-order chi connectivity index (χ0) is 18.7. The second kappa shape index (κ2) is 7.75. The standard InChI is InChI=1S/C15H10ClF3N4O2S/c16-11-5-8(17)1-4-12(11)24-7-10-3-2-9(25-10)6-20-23-14(13(18)19)21-22-15(23)26/h1-6,13H,7H2,(H,22,26). The van der Waals surface area contributed by atoms with Crippen LogP contribution in [0.3, 0.4) is 0 Å². The monoisotopic (exact) mass is 402 g/mol. The molecule has 0 bridgehead atoms. The molecule has 0 fully saturated rings. The normalized spacial score (nSPS) is 11.6. The van der Waals surface area contributed by atoms with Gasteiger partial charge in [-0.2, -0.15) is 14.9 Å². The van der Waals surface area contributed by atoms with Crippen LogP contribution in [-0.4, -0.2) is 21.1 Å². The lowest BCUT2D eigenvalue weighted by atomic mass is 10.3. The summed E-state index contributed by atoms with van der Waals surface area (Å²) in [7, 11) is 0. The van der Waals surface area contributed by atoms with Gasteiger partial charge < -0.3 is 9.15 Å². The van der Waals surface area contributed by atoms with Crippen LogP contribution >= 0.6 is 23.8 Å². The van der Waals surface area contributed by atoms with Gasteiger partial charge in [0.1, 0.15) is 29.7 Å². The molecular formula is C15H10ClF3N4O2S. The molecule has 0 spiro atoms. The molecule has 0 aliphatic heterocycles. The van der Waals surface area contributed by atoms with Crippen LogP contribution in [0.15, 0.2) is 39.9 Å². The summed E-state index contributed by atoms with van der Waals surface area (Å²) in [6.45, 7) is 0.0343. The molecule has 0 atom stereocenters. The van der Waals surface area contributed by atoms with Crippen LogP contribution in [0.5, 0.6) is 5.75 Å². The summed E-state index contributed by atoms with van der Waals surface area (Å²) in [5, 5.41) is 9.60. The van der Waals surface area contributed by atoms with Crippen LogP contribution in [0, 0.1) is 10.6 Å². The fourth-order valence-electron chi connectivity index (χ4n) is 1.95. The van der Waals surface area contributed by atoms with Crippen LogP contribution in [0.2, 0.25) is 5.02 Å². The maximum Gasteiger partial charge on any atom is 0.299 e. The fourth-order valence-corrected chi connectivity index (χ4v) is 2.36. The first kappa shape index (κ1) is 18.2. The first-order valence-electron chi connectivity index (χ1n) is 7.10. The number of aromatic amines is 1. The summed E-state index contributed by atoms with van der Waals surface area (Å²) in [5.74, 6) is -0.0630. The predicted molar refractivity (Wildman–Crippen MR) is 89.8 cm³/mol. The Balaban J connectivity index is 1.68. The van der Waals surface area contributed by atoms with E-state index < -0.39 is 18.1 Å². The number of alkyl halides is 2. The number of nitrogens with zero attached hydrogens (tertiary/aromatic N) is 3. The van der Waals surface area contributed by atoms with E-state index in [0.29, 0.717) is 11.5 Å². The molecule has 0 amide bonds. The van der Waals surface area contributed by atoms with Gasteiger partial charge in [-0.15, -0.1) is 0 Å². The number of aromatic nitrogens is 3. The van der Waals surface area contributed by atoms with E-state index in [-0.39, 0.29) is 22.2 Å². The summed E-state index contributed by atoms with van der Waals surface area (Å²) in [6, 6.07) is 6.93. The van der Waals surface area contributed by atoms with E-state index in [1.54, 1.807) is 12.1 Å². The van der Waals surface area contributed by atoms with E-state index in [1.165, 1.54) is 18.3 Å². The van der Waals surface area contributed by atoms with Crippen molar-refractivity contribution < 1.29 is 22.3 Å². The molecule has 2 aromatic heterocycles. The summed E-state index contributed by atoms with van der Waals surface area (Å²) in [5.41, 5.74) is 0. The molecule has 0 aliphatic carbocycles. The van der Waals surface area contributed by atoms with E-state index in [0.717, 1.165) is 10.7 Å². The third kappa shape index (κ3) is 4.14. The zero-order valence-electron chi connectivity index (χ0n) is 12.8. The molecule has 3 aromatic rings. The van der Waals surface area contributed by atoms with Gasteiger partial charge in [0.15, 0.2) is 0 Å². The summed E-state index contributed by atoms with van der Waals surface area (Å²) in [4.78, 5) is 0. The predicted octanol–water partition coefficient (Wildman–Crippen LogP) is 4.72. The lowest BCUT2D eigenvalue weighted by molar-refractivity contribution is 0.136. The van der Waals surface area contributed by atoms with Crippen molar-refractivity contribution in [2.45, 2.75) is 13.0 Å². The van der Waals surface area contributed by atoms with Crippen molar-refractivity contribution in [3.05, 3.63) is 63.3 Å². The highest BCUT2D eigenvalue weighted by Gasteiger charge is 2.16. The number of nitrogens with one attached hydrogen (secondary N) is 1. The SMILES string of the molecule is Fc1ccc(OCc2ccc(C=Nn3c(C(F)F)n[nH]c3=S)o2)c(Cl)c1. The van der Waals surface area contributed by atoms with Gasteiger partial charge in [-0.3, -0.25) is 0 Å². The van der Waals surface area contributed by atoms with Gasteiger partial charge in [0.05, 0.1) is 11.2 Å². The van der Waals surface area contributed by atoms with Crippen LogP contribution in [0.25, 0.3) is 0 Å². The first-order chi connectivity index (χ1) is 12.4. The van der Waals surface area contributed by atoms with Gasteiger partial charge in [-0.25, -0.2) is 18.3 Å². The van der Waals surface area contributed by atoms with Gasteiger partial charge in [0, 0.05) is 0 Å². The average molecular weight is 403 g/mol. The van der Waals surface area contributed by atoms with Crippen molar-refractivity contribution in [1.29, 1.82) is 0 Å². The molecule has 0 saturated heterocycles. The van der Waals surface area contributed by atoms with Crippen molar-refractivity contribution in [2.75, 3.05) is 0 Å². The number of ether oxygens (including phenoxy) is 1. The van der Waals surface area contributed by atoms with E-state index in [2.05, 4.69) is 15.3 Å². The zero-order valence-corrected chi connectivity index (χ0v) is 14.4. The minimum absolute atomic E-state index is 0.0343. The summed E-state index contributed by atoms with van der Waals surface area (Å²) in [6.07, 6.45) is -1.62. The Morgan fingerprint density at radius 2 is 2.19 bits per heavy atom. The third-order valence-corrected chi connectivity index (χ3v) is 3.68. The number of halogens is 4. The number of hydrogen-bond donors (Lipinski definition) is 1. The van der Waals surface area contributed by atoms with E-state index in [4.69, 9.17) is 33.0 Å².